The average molecular weight is 260 g/mol. The van der Waals surface area contributed by atoms with Gasteiger partial charge in [0.1, 0.15) is 9.84 Å². The third-order valence-electron chi connectivity index (χ3n) is 1.95. The highest BCUT2D eigenvalue weighted by Gasteiger charge is 2.04. The van der Waals surface area contributed by atoms with Crippen LogP contribution in [0.15, 0.2) is 23.2 Å². The van der Waals surface area contributed by atoms with Gasteiger partial charge in [0, 0.05) is 29.1 Å². The molecule has 1 rings (SSSR count). The number of hydrogen-bond donors (Lipinski definition) is 1. The van der Waals surface area contributed by atoms with Crippen LogP contribution in [-0.4, -0.2) is 31.2 Å². The van der Waals surface area contributed by atoms with Crippen LogP contribution in [-0.2, 0) is 9.84 Å². The minimum atomic E-state index is -2.88. The van der Waals surface area contributed by atoms with Crippen molar-refractivity contribution in [1.29, 1.82) is 0 Å². The molecule has 2 N–H and O–H groups in total. The summed E-state index contributed by atoms with van der Waals surface area (Å²) in [6, 6.07) is 3.71. The van der Waals surface area contributed by atoms with Gasteiger partial charge in [0.25, 0.3) is 0 Å². The van der Waals surface area contributed by atoms with Crippen LogP contribution in [0, 0.1) is 0 Å². The van der Waals surface area contributed by atoms with Crippen molar-refractivity contribution in [3.8, 4) is 0 Å². The summed E-state index contributed by atoms with van der Waals surface area (Å²) in [5.74, 6) is 0.741. The lowest BCUT2D eigenvalue weighted by atomic mass is 10.2. The van der Waals surface area contributed by atoms with Gasteiger partial charge in [0.2, 0.25) is 0 Å². The molecule has 6 heteroatoms. The molecule has 0 radical (unpaired) electrons. The summed E-state index contributed by atoms with van der Waals surface area (Å²) in [5, 5.41) is 0. The van der Waals surface area contributed by atoms with Crippen molar-refractivity contribution in [2.45, 2.75) is 17.9 Å². The molecule has 0 aromatic carbocycles. The Morgan fingerprint density at radius 2 is 2.19 bits per heavy atom. The highest BCUT2D eigenvalue weighted by molar-refractivity contribution is 8.00. The molecule has 90 valence electrons. The largest absolute Gasteiger partial charge is 0.323 e. The van der Waals surface area contributed by atoms with E-state index in [4.69, 9.17) is 5.73 Å². The molecule has 0 saturated heterocycles. The quantitative estimate of drug-likeness (QED) is 0.806. The fraction of sp³-hybridized carbons (Fsp3) is 0.500. The monoisotopic (exact) mass is 260 g/mol. The molecule has 1 atom stereocenters. The van der Waals surface area contributed by atoms with Crippen LogP contribution in [0.2, 0.25) is 0 Å². The molecule has 0 spiro atoms. The first-order chi connectivity index (χ1) is 7.38. The second-order valence-corrected chi connectivity index (χ2v) is 7.11. The molecule has 16 heavy (non-hydrogen) atoms. The first-order valence-corrected chi connectivity index (χ1v) is 7.95. The van der Waals surface area contributed by atoms with E-state index in [0.717, 1.165) is 10.6 Å². The lowest BCUT2D eigenvalue weighted by molar-refractivity contribution is 0.603. The fourth-order valence-electron chi connectivity index (χ4n) is 1.06. The van der Waals surface area contributed by atoms with E-state index in [9.17, 15) is 8.42 Å². The Labute approximate surface area is 101 Å². The van der Waals surface area contributed by atoms with E-state index in [1.54, 1.807) is 6.20 Å². The van der Waals surface area contributed by atoms with Gasteiger partial charge < -0.3 is 5.73 Å². The minimum absolute atomic E-state index is 0.0740. The SMILES string of the molecule is C[C@H](N)c1ccc(SCCS(C)(=O)=O)cn1. The summed E-state index contributed by atoms with van der Waals surface area (Å²) < 4.78 is 21.8. The van der Waals surface area contributed by atoms with Crippen LogP contribution < -0.4 is 5.73 Å². The molecule has 0 aliphatic rings. The van der Waals surface area contributed by atoms with Gasteiger partial charge in [0.15, 0.2) is 0 Å². The molecule has 4 nitrogen and oxygen atoms in total. The lowest BCUT2D eigenvalue weighted by Crippen LogP contribution is -2.07. The fourth-order valence-corrected chi connectivity index (χ4v) is 3.13. The number of aromatic nitrogens is 1. The molecule has 1 aromatic rings. The Hall–Kier alpha value is -0.590. The summed E-state index contributed by atoms with van der Waals surface area (Å²) >= 11 is 1.49. The maximum Gasteiger partial charge on any atom is 0.148 e. The first kappa shape index (κ1) is 13.5. The maximum absolute atomic E-state index is 10.9. The smallest absolute Gasteiger partial charge is 0.148 e. The van der Waals surface area contributed by atoms with E-state index in [0.29, 0.717) is 5.75 Å². The van der Waals surface area contributed by atoms with Crippen LogP contribution in [0.5, 0.6) is 0 Å². The molecule has 0 unspecified atom stereocenters. The Morgan fingerprint density at radius 3 is 2.62 bits per heavy atom. The van der Waals surface area contributed by atoms with Crippen molar-refractivity contribution in [2.24, 2.45) is 5.73 Å². The van der Waals surface area contributed by atoms with Crippen molar-refractivity contribution in [3.63, 3.8) is 0 Å². The predicted octanol–water partition coefficient (Wildman–Crippen LogP) is 1.24. The summed E-state index contributed by atoms with van der Waals surface area (Å²) in [5.41, 5.74) is 6.51. The van der Waals surface area contributed by atoms with Crippen molar-refractivity contribution < 1.29 is 8.42 Å². The molecule has 0 aliphatic heterocycles. The molecule has 1 heterocycles. The van der Waals surface area contributed by atoms with Crippen molar-refractivity contribution >= 4 is 21.6 Å². The number of thioether (sulfide) groups is 1. The molecule has 0 amide bonds. The second kappa shape index (κ2) is 5.65. The Bertz CT molecular complexity index is 427. The van der Waals surface area contributed by atoms with Gasteiger partial charge in [-0.2, -0.15) is 0 Å². The van der Waals surface area contributed by atoms with Gasteiger partial charge in [-0.1, -0.05) is 0 Å². The van der Waals surface area contributed by atoms with E-state index in [2.05, 4.69) is 4.98 Å². The maximum atomic E-state index is 10.9. The van der Waals surface area contributed by atoms with E-state index in [1.165, 1.54) is 18.0 Å². The van der Waals surface area contributed by atoms with Crippen LogP contribution in [0.1, 0.15) is 18.7 Å². The normalized spacial score (nSPS) is 13.7. The number of sulfone groups is 1. The van der Waals surface area contributed by atoms with Gasteiger partial charge in [-0.15, -0.1) is 11.8 Å². The van der Waals surface area contributed by atoms with Gasteiger partial charge in [0.05, 0.1) is 11.4 Å². The molecule has 0 aliphatic carbocycles. The molecule has 0 saturated carbocycles. The van der Waals surface area contributed by atoms with Crippen LogP contribution in [0.4, 0.5) is 0 Å². The van der Waals surface area contributed by atoms with Crippen LogP contribution >= 0.6 is 11.8 Å². The molecular weight excluding hydrogens is 244 g/mol. The molecule has 0 bridgehead atoms. The Kier molecular flexibility index (Phi) is 4.76. The molecular formula is C10H16N2O2S2. The highest BCUT2D eigenvalue weighted by atomic mass is 32.2. The van der Waals surface area contributed by atoms with Gasteiger partial charge in [-0.25, -0.2) is 8.42 Å². The molecule has 1 aromatic heterocycles. The predicted molar refractivity (Wildman–Crippen MR) is 67.3 cm³/mol. The van der Waals surface area contributed by atoms with Gasteiger partial charge in [-0.05, 0) is 19.1 Å². The zero-order chi connectivity index (χ0) is 12.2. The zero-order valence-corrected chi connectivity index (χ0v) is 11.0. The van der Waals surface area contributed by atoms with E-state index >= 15 is 0 Å². The Balaban J connectivity index is 2.50. The van der Waals surface area contributed by atoms with Crippen molar-refractivity contribution in [3.05, 3.63) is 24.0 Å². The third kappa shape index (κ3) is 4.96. The Morgan fingerprint density at radius 1 is 1.50 bits per heavy atom. The van der Waals surface area contributed by atoms with Gasteiger partial charge in [-0.3, -0.25) is 4.98 Å². The molecule has 0 fully saturated rings. The van der Waals surface area contributed by atoms with Crippen LogP contribution in [0.25, 0.3) is 0 Å². The number of hydrogen-bond acceptors (Lipinski definition) is 5. The number of nitrogens with two attached hydrogens (primary N) is 1. The number of pyridine rings is 1. The number of rotatable bonds is 5. The summed E-state index contributed by atoms with van der Waals surface area (Å²) in [7, 11) is -2.88. The second-order valence-electron chi connectivity index (χ2n) is 3.69. The number of nitrogens with zero attached hydrogens (tertiary/aromatic N) is 1. The van der Waals surface area contributed by atoms with Gasteiger partial charge >= 0.3 is 0 Å². The van der Waals surface area contributed by atoms with E-state index < -0.39 is 9.84 Å². The minimum Gasteiger partial charge on any atom is -0.323 e. The summed E-state index contributed by atoms with van der Waals surface area (Å²) in [6.45, 7) is 1.87. The first-order valence-electron chi connectivity index (χ1n) is 4.90. The van der Waals surface area contributed by atoms with E-state index in [1.807, 2.05) is 19.1 Å². The third-order valence-corrected chi connectivity index (χ3v) is 4.14. The average Bonchev–Trinajstić information content (AvgIpc) is 2.16. The topological polar surface area (TPSA) is 73.1 Å². The van der Waals surface area contributed by atoms with Crippen molar-refractivity contribution in [1.82, 2.24) is 4.98 Å². The highest BCUT2D eigenvalue weighted by Crippen LogP contribution is 2.18. The van der Waals surface area contributed by atoms with E-state index in [-0.39, 0.29) is 11.8 Å². The zero-order valence-electron chi connectivity index (χ0n) is 9.38. The summed E-state index contributed by atoms with van der Waals surface area (Å²) in [6.07, 6.45) is 2.97. The lowest BCUT2D eigenvalue weighted by Gasteiger charge is -2.05. The van der Waals surface area contributed by atoms with Crippen molar-refractivity contribution in [2.75, 3.05) is 17.8 Å². The standard InChI is InChI=1S/C10H16N2O2S2/c1-8(11)10-4-3-9(7-12-10)15-5-6-16(2,13)14/h3-4,7-8H,5-6,11H2,1-2H3/t8-/m0/s1. The van der Waals surface area contributed by atoms with Crippen LogP contribution in [0.3, 0.4) is 0 Å². The summed E-state index contributed by atoms with van der Waals surface area (Å²) in [4.78, 5) is 5.16.